The third kappa shape index (κ3) is 48.1. The highest BCUT2D eigenvalue weighted by Crippen LogP contribution is 2.15. The number of carbonyl (C=O) groups is 3. The first kappa shape index (κ1) is 59.1. The minimum Gasteiger partial charge on any atom is -0.462 e. The maximum absolute atomic E-state index is 12.7. The fraction of sp³-hybridized carbons (Fsp3) is 0.768. The Hall–Kier alpha value is -2.89. The molecule has 0 aromatic heterocycles. The SMILES string of the molecule is CC/C=C\C/C=C\C/C=C\C/C=C\CCCCCCCCCCCCCCCCC(=O)OCC(COC(=O)CCCCCCC)OC(=O)CCCCCCC/C=C\CCCCC. The molecule has 0 aliphatic rings. The van der Waals surface area contributed by atoms with E-state index in [-0.39, 0.29) is 31.1 Å². The van der Waals surface area contributed by atoms with Crippen LogP contribution in [0.4, 0.5) is 0 Å². The first-order chi connectivity index (χ1) is 30.5. The molecule has 6 nitrogen and oxygen atoms in total. The van der Waals surface area contributed by atoms with E-state index in [1.165, 1.54) is 116 Å². The summed E-state index contributed by atoms with van der Waals surface area (Å²) in [6.07, 6.45) is 62.6. The molecule has 0 aromatic rings. The summed E-state index contributed by atoms with van der Waals surface area (Å²) in [5.74, 6) is -0.897. The number of rotatable bonds is 47. The van der Waals surface area contributed by atoms with Gasteiger partial charge < -0.3 is 14.2 Å². The van der Waals surface area contributed by atoms with Gasteiger partial charge in [-0.25, -0.2) is 0 Å². The largest absolute Gasteiger partial charge is 0.462 e. The van der Waals surface area contributed by atoms with Crippen molar-refractivity contribution in [2.75, 3.05) is 13.2 Å². The number of esters is 3. The molecule has 0 spiro atoms. The standard InChI is InChI=1S/C56H98O6/c1-4-7-10-13-15-17-19-21-22-23-24-25-26-27-28-29-30-31-32-33-34-35-37-38-40-43-46-49-55(58)61-52-53(51-60-54(57)48-45-42-12-9-6-3)62-56(59)50-47-44-41-39-36-20-18-16-14-11-8-5-2/h7,10,15-18,21-22,24-25,53H,4-6,8-9,11-14,19-20,23,26-52H2,1-3H3/b10-7-,17-15-,18-16-,22-21-,25-24-. The van der Waals surface area contributed by atoms with Crippen molar-refractivity contribution >= 4 is 17.9 Å². The van der Waals surface area contributed by atoms with E-state index in [9.17, 15) is 14.4 Å². The van der Waals surface area contributed by atoms with Crippen molar-refractivity contribution in [2.45, 2.75) is 264 Å². The normalized spacial score (nSPS) is 12.5. The second kappa shape index (κ2) is 50.8. The Morgan fingerprint density at radius 3 is 1.03 bits per heavy atom. The third-order valence-corrected chi connectivity index (χ3v) is 11.3. The molecule has 358 valence electrons. The average Bonchev–Trinajstić information content (AvgIpc) is 3.27. The molecule has 6 heteroatoms. The Labute approximate surface area is 383 Å². The number of hydrogen-bond acceptors (Lipinski definition) is 6. The van der Waals surface area contributed by atoms with E-state index < -0.39 is 6.10 Å². The van der Waals surface area contributed by atoms with Gasteiger partial charge in [0, 0.05) is 19.3 Å². The van der Waals surface area contributed by atoms with Crippen molar-refractivity contribution in [1.29, 1.82) is 0 Å². The van der Waals surface area contributed by atoms with E-state index in [0.29, 0.717) is 19.3 Å². The molecule has 1 atom stereocenters. The van der Waals surface area contributed by atoms with Crippen molar-refractivity contribution in [1.82, 2.24) is 0 Å². The maximum Gasteiger partial charge on any atom is 0.306 e. The molecular weight excluding hydrogens is 769 g/mol. The van der Waals surface area contributed by atoms with Crippen LogP contribution in [0.1, 0.15) is 258 Å². The van der Waals surface area contributed by atoms with Crippen LogP contribution in [0.5, 0.6) is 0 Å². The molecule has 0 aliphatic heterocycles. The minimum atomic E-state index is -0.772. The van der Waals surface area contributed by atoms with Crippen LogP contribution in [0.15, 0.2) is 60.8 Å². The molecule has 0 aromatic carbocycles. The lowest BCUT2D eigenvalue weighted by molar-refractivity contribution is -0.167. The summed E-state index contributed by atoms with van der Waals surface area (Å²) in [4.78, 5) is 37.6. The zero-order chi connectivity index (χ0) is 45.1. The Kier molecular flexibility index (Phi) is 48.4. The topological polar surface area (TPSA) is 78.9 Å². The van der Waals surface area contributed by atoms with E-state index in [1.807, 2.05) is 0 Å². The minimum absolute atomic E-state index is 0.0764. The molecule has 0 amide bonds. The van der Waals surface area contributed by atoms with Gasteiger partial charge in [-0.3, -0.25) is 14.4 Å². The van der Waals surface area contributed by atoms with Crippen LogP contribution in [-0.4, -0.2) is 37.2 Å². The van der Waals surface area contributed by atoms with Crippen molar-refractivity contribution in [3.05, 3.63) is 60.8 Å². The van der Waals surface area contributed by atoms with E-state index >= 15 is 0 Å². The Balaban J connectivity index is 4.01. The van der Waals surface area contributed by atoms with Crippen molar-refractivity contribution < 1.29 is 28.6 Å². The Morgan fingerprint density at radius 1 is 0.339 bits per heavy atom. The summed E-state index contributed by atoms with van der Waals surface area (Å²) in [5, 5.41) is 0. The molecule has 0 aliphatic carbocycles. The highest BCUT2D eigenvalue weighted by Gasteiger charge is 2.19. The van der Waals surface area contributed by atoms with Gasteiger partial charge in [-0.15, -0.1) is 0 Å². The summed E-state index contributed by atoms with van der Waals surface area (Å²) in [5.41, 5.74) is 0. The Morgan fingerprint density at radius 2 is 0.629 bits per heavy atom. The van der Waals surface area contributed by atoms with Crippen molar-refractivity contribution in [2.24, 2.45) is 0 Å². The second-order valence-electron chi connectivity index (χ2n) is 17.4. The van der Waals surface area contributed by atoms with Crippen LogP contribution in [0.25, 0.3) is 0 Å². The number of unbranched alkanes of at least 4 members (excludes halogenated alkanes) is 26. The first-order valence-electron chi connectivity index (χ1n) is 26.3. The average molecular weight is 867 g/mol. The molecule has 0 fully saturated rings. The first-order valence-corrected chi connectivity index (χ1v) is 26.3. The maximum atomic E-state index is 12.7. The fourth-order valence-corrected chi connectivity index (χ4v) is 7.31. The molecule has 0 saturated heterocycles. The van der Waals surface area contributed by atoms with Crippen LogP contribution < -0.4 is 0 Å². The van der Waals surface area contributed by atoms with Crippen LogP contribution in [-0.2, 0) is 28.6 Å². The van der Waals surface area contributed by atoms with Gasteiger partial charge in [-0.1, -0.05) is 216 Å². The monoisotopic (exact) mass is 867 g/mol. The lowest BCUT2D eigenvalue weighted by atomic mass is 10.0. The highest BCUT2D eigenvalue weighted by atomic mass is 16.6. The Bertz CT molecular complexity index is 1130. The molecule has 0 rings (SSSR count). The molecule has 0 saturated carbocycles. The van der Waals surface area contributed by atoms with Gasteiger partial charge in [-0.05, 0) is 83.5 Å². The lowest BCUT2D eigenvalue weighted by Gasteiger charge is -2.18. The molecule has 0 N–H and O–H groups in total. The molecule has 0 heterocycles. The van der Waals surface area contributed by atoms with Gasteiger partial charge in [0.2, 0.25) is 0 Å². The van der Waals surface area contributed by atoms with Crippen LogP contribution in [0.2, 0.25) is 0 Å². The fourth-order valence-electron chi connectivity index (χ4n) is 7.31. The van der Waals surface area contributed by atoms with Gasteiger partial charge in [-0.2, -0.15) is 0 Å². The molecule has 0 radical (unpaired) electrons. The molecule has 62 heavy (non-hydrogen) atoms. The van der Waals surface area contributed by atoms with Crippen LogP contribution in [0, 0.1) is 0 Å². The van der Waals surface area contributed by atoms with E-state index in [1.54, 1.807) is 0 Å². The molecular formula is C56H98O6. The third-order valence-electron chi connectivity index (χ3n) is 11.3. The number of carbonyl (C=O) groups excluding carboxylic acids is 3. The zero-order valence-corrected chi connectivity index (χ0v) is 40.9. The molecule has 1 unspecified atom stereocenters. The van der Waals surface area contributed by atoms with Crippen LogP contribution in [0.3, 0.4) is 0 Å². The van der Waals surface area contributed by atoms with E-state index in [2.05, 4.69) is 81.5 Å². The van der Waals surface area contributed by atoms with Crippen molar-refractivity contribution in [3.8, 4) is 0 Å². The summed E-state index contributed by atoms with van der Waals surface area (Å²) in [6.45, 7) is 6.41. The summed E-state index contributed by atoms with van der Waals surface area (Å²) < 4.78 is 16.6. The zero-order valence-electron chi connectivity index (χ0n) is 40.9. The quantitative estimate of drug-likeness (QED) is 0.0262. The van der Waals surface area contributed by atoms with Crippen molar-refractivity contribution in [3.63, 3.8) is 0 Å². The van der Waals surface area contributed by atoms with Gasteiger partial charge in [0.25, 0.3) is 0 Å². The lowest BCUT2D eigenvalue weighted by Crippen LogP contribution is -2.30. The van der Waals surface area contributed by atoms with Gasteiger partial charge in [0.1, 0.15) is 13.2 Å². The smallest absolute Gasteiger partial charge is 0.306 e. The summed E-state index contributed by atoms with van der Waals surface area (Å²) in [6, 6.07) is 0. The number of ether oxygens (including phenoxy) is 3. The van der Waals surface area contributed by atoms with Gasteiger partial charge in [0.15, 0.2) is 6.10 Å². The second-order valence-corrected chi connectivity index (χ2v) is 17.4. The van der Waals surface area contributed by atoms with E-state index in [4.69, 9.17) is 14.2 Å². The molecule has 0 bridgehead atoms. The summed E-state index contributed by atoms with van der Waals surface area (Å²) >= 11 is 0. The predicted molar refractivity (Wildman–Crippen MR) is 265 cm³/mol. The van der Waals surface area contributed by atoms with Gasteiger partial charge in [0.05, 0.1) is 0 Å². The summed E-state index contributed by atoms with van der Waals surface area (Å²) in [7, 11) is 0. The number of allylic oxidation sites excluding steroid dienone is 10. The number of hydrogen-bond donors (Lipinski definition) is 0. The van der Waals surface area contributed by atoms with Gasteiger partial charge >= 0.3 is 17.9 Å². The predicted octanol–water partition coefficient (Wildman–Crippen LogP) is 17.3. The van der Waals surface area contributed by atoms with E-state index in [0.717, 1.165) is 103 Å². The van der Waals surface area contributed by atoms with Crippen LogP contribution >= 0.6 is 0 Å². The highest BCUT2D eigenvalue weighted by molar-refractivity contribution is 5.71.